The van der Waals surface area contributed by atoms with Crippen molar-refractivity contribution in [3.8, 4) is 11.5 Å². The van der Waals surface area contributed by atoms with E-state index in [1.54, 1.807) is 19.1 Å². The van der Waals surface area contributed by atoms with Crippen LogP contribution in [-0.4, -0.2) is 94.8 Å². The fraction of sp³-hybridized carbons (Fsp3) is 0.0435. The molecule has 0 atom stereocenters. The molecule has 0 aliphatic heterocycles. The van der Waals surface area contributed by atoms with Gasteiger partial charge in [0, 0.05) is 22.3 Å². The lowest BCUT2D eigenvalue weighted by Gasteiger charge is -2.16. The molecule has 0 saturated carbocycles. The number of phenolic OH excluding ortho intramolecular Hbond substituents is 2. The molecule has 9 aromatic rings. The maximum Gasteiger partial charge on any atom is 0.296 e. The standard InChI is InChI=1S/C46H36Cl2N16O20S6/c1-17-7-27(53-45-57-41(47)55-43(59-45)51-21-3-5-25(31(13-21)86-83-80-68)61-63-39-35-19(11-32(37(39)49)87-84-81-69)9-23(15-29(35)65)85-82-79-67)28(8-18(17)2)54-46-58-42(48)56-44(60-46)52-22-4-6-26(33(14-22)89(73,74)75)62-64-40-36-20(12-34(38(40)50)90(76,77)78)10-24(16-30(36)66)88(70,71)72/h3-16,65-69H,49-50H2,1-2H3,(H,70,71,72)(H,73,74,75)(H,76,77,78)(H2,51,53,55,57,59)(H2,52,54,56,58,60). The first-order valence-electron chi connectivity index (χ1n) is 23.8. The van der Waals surface area contributed by atoms with Crippen molar-refractivity contribution in [2.45, 2.75) is 43.2 Å². The number of anilines is 10. The van der Waals surface area contributed by atoms with Crippen LogP contribution in [0.5, 0.6) is 11.5 Å². The van der Waals surface area contributed by atoms with E-state index in [2.05, 4.69) is 95.4 Å². The Balaban J connectivity index is 0.967. The van der Waals surface area contributed by atoms with Crippen LogP contribution in [-0.2, 0) is 58.5 Å². The molecule has 7 aromatic carbocycles. The molecular formula is C46H36Cl2N16O20S6. The number of benzene rings is 7. The minimum Gasteiger partial charge on any atom is -0.507 e. The molecule has 9 rings (SSSR count). The normalized spacial score (nSPS) is 12.2. The summed E-state index contributed by atoms with van der Waals surface area (Å²) in [5.74, 6) is -1.95. The summed E-state index contributed by atoms with van der Waals surface area (Å²) < 4.78 is 118. The summed E-state index contributed by atoms with van der Waals surface area (Å²) >= 11 is 14.3. The fourth-order valence-electron chi connectivity index (χ4n) is 8.05. The topological polar surface area (TPSA) is 547 Å². The Morgan fingerprint density at radius 1 is 0.489 bits per heavy atom. The maximum atomic E-state index is 12.8. The van der Waals surface area contributed by atoms with Gasteiger partial charge in [-0.2, -0.15) is 55.2 Å². The Hall–Kier alpha value is -8.32. The van der Waals surface area contributed by atoms with E-state index in [1.165, 1.54) is 42.5 Å². The van der Waals surface area contributed by atoms with Gasteiger partial charge in [0.25, 0.3) is 30.4 Å². The SMILES string of the molecule is Cc1cc(Nc2nc(Cl)nc(Nc3ccc(N=Nc4c(N)c(SOOO)cc5cc(SOOO)cc(O)c45)c(SOOO)c3)n2)c(Nc2nc(Cl)nc(Nc3ccc(N=Nc4c(N)c(S(=O)(=O)O)cc5cc(S(=O)(=O)O)cc(O)c45)c(S(=O)(=O)O)c3)n2)cc1C. The molecule has 0 bridgehead atoms. The highest BCUT2D eigenvalue weighted by Crippen LogP contribution is 2.48. The molecule has 0 radical (unpaired) electrons. The number of halogens is 2. The van der Waals surface area contributed by atoms with Crippen LogP contribution in [0.25, 0.3) is 21.5 Å². The number of nitrogens with one attached hydrogen (secondary N) is 4. The summed E-state index contributed by atoms with van der Waals surface area (Å²) in [6, 6.07) is 17.2. The van der Waals surface area contributed by atoms with Gasteiger partial charge in [0.05, 0.1) is 84.3 Å². The van der Waals surface area contributed by atoms with Crippen LogP contribution in [0.4, 0.5) is 80.7 Å². The summed E-state index contributed by atoms with van der Waals surface area (Å²) in [5, 5.41) is 86.5. The lowest BCUT2D eigenvalue weighted by Crippen LogP contribution is -2.08. The number of rotatable bonds is 24. The largest absolute Gasteiger partial charge is 0.507 e. The zero-order valence-corrected chi connectivity index (χ0v) is 50.8. The number of phenols is 2. The van der Waals surface area contributed by atoms with Crippen LogP contribution in [0.3, 0.4) is 0 Å². The number of azo groups is 2. The Labute approximate surface area is 526 Å². The summed E-state index contributed by atoms with van der Waals surface area (Å²) in [4.78, 5) is 23.1. The predicted molar refractivity (Wildman–Crippen MR) is 321 cm³/mol. The van der Waals surface area contributed by atoms with Gasteiger partial charge in [0.2, 0.25) is 34.4 Å². The third kappa shape index (κ3) is 15.6. The molecule has 36 nitrogen and oxygen atoms in total. The lowest BCUT2D eigenvalue weighted by atomic mass is 10.1. The molecule has 16 N–H and O–H groups in total. The van der Waals surface area contributed by atoms with Gasteiger partial charge in [0.1, 0.15) is 44.0 Å². The zero-order valence-electron chi connectivity index (χ0n) is 44.4. The van der Waals surface area contributed by atoms with Crippen molar-refractivity contribution in [1.82, 2.24) is 29.9 Å². The second kappa shape index (κ2) is 27.4. The second-order valence-electron chi connectivity index (χ2n) is 17.7. The van der Waals surface area contributed by atoms with Crippen molar-refractivity contribution >= 4 is 192 Å². The van der Waals surface area contributed by atoms with Crippen LogP contribution in [0.2, 0.25) is 10.6 Å². The first-order valence-corrected chi connectivity index (χ1v) is 31.1. The minimum absolute atomic E-state index is 0.0838. The number of nitrogens with zero attached hydrogens (tertiary/aromatic N) is 10. The molecule has 2 aromatic heterocycles. The summed E-state index contributed by atoms with van der Waals surface area (Å²) in [5.41, 5.74) is 12.5. The number of aromatic hydroxyl groups is 2. The maximum absolute atomic E-state index is 12.8. The molecule has 90 heavy (non-hydrogen) atoms. The first kappa shape index (κ1) is 66.1. The molecule has 44 heteroatoms. The van der Waals surface area contributed by atoms with Crippen LogP contribution >= 0.6 is 59.3 Å². The fourth-order valence-corrected chi connectivity index (χ4v) is 11.6. The van der Waals surface area contributed by atoms with Gasteiger partial charge in [-0.3, -0.25) is 13.7 Å². The number of nitrogen functional groups attached to an aromatic ring is 2. The van der Waals surface area contributed by atoms with E-state index in [4.69, 9.17) is 54.8 Å². The van der Waals surface area contributed by atoms with Crippen molar-refractivity contribution in [3.63, 3.8) is 0 Å². The number of fused-ring (bicyclic) bond motifs is 2. The average molecular weight is 1400 g/mol. The van der Waals surface area contributed by atoms with Gasteiger partial charge in [0.15, 0.2) is 0 Å². The molecule has 0 aliphatic carbocycles. The Bertz CT molecular complexity index is 4770. The van der Waals surface area contributed by atoms with E-state index in [0.717, 1.165) is 29.3 Å². The third-order valence-corrected chi connectivity index (χ3v) is 16.7. The van der Waals surface area contributed by atoms with Crippen LogP contribution in [0.15, 0.2) is 135 Å². The quantitative estimate of drug-likeness (QED) is 0.00667. The van der Waals surface area contributed by atoms with Gasteiger partial charge in [-0.05, 0) is 138 Å². The smallest absolute Gasteiger partial charge is 0.296 e. The van der Waals surface area contributed by atoms with E-state index in [1.807, 2.05) is 6.92 Å². The van der Waals surface area contributed by atoms with Crippen molar-refractivity contribution in [2.24, 2.45) is 20.5 Å². The third-order valence-electron chi connectivity index (χ3n) is 11.9. The van der Waals surface area contributed by atoms with E-state index in [9.17, 15) is 49.1 Å². The number of aromatic nitrogens is 6. The minimum atomic E-state index is -5.20. The molecule has 0 fully saturated rings. The van der Waals surface area contributed by atoms with E-state index in [0.29, 0.717) is 65.0 Å². The van der Waals surface area contributed by atoms with Gasteiger partial charge >= 0.3 is 0 Å². The highest BCUT2D eigenvalue weighted by molar-refractivity contribution is 7.95. The summed E-state index contributed by atoms with van der Waals surface area (Å²) in [6.45, 7) is 3.62. The van der Waals surface area contributed by atoms with Gasteiger partial charge < -0.3 is 42.9 Å². The summed E-state index contributed by atoms with van der Waals surface area (Å²) in [7, 11) is -15.4. The van der Waals surface area contributed by atoms with Crippen molar-refractivity contribution in [1.29, 1.82) is 0 Å². The number of hydrogen-bond donors (Lipinski definition) is 14. The number of nitrogens with two attached hydrogens (primary N) is 2. The van der Waals surface area contributed by atoms with Gasteiger partial charge in [-0.25, -0.2) is 15.8 Å². The number of hydrogen-bond acceptors (Lipinski definition) is 36. The Morgan fingerprint density at radius 3 is 1.49 bits per heavy atom. The molecule has 2 heterocycles. The van der Waals surface area contributed by atoms with E-state index >= 15 is 0 Å². The highest BCUT2D eigenvalue weighted by Gasteiger charge is 2.26. The van der Waals surface area contributed by atoms with Crippen LogP contribution < -0.4 is 32.7 Å². The van der Waals surface area contributed by atoms with Crippen molar-refractivity contribution in [3.05, 3.63) is 107 Å². The van der Waals surface area contributed by atoms with E-state index < -0.39 is 78.6 Å². The van der Waals surface area contributed by atoms with Crippen molar-refractivity contribution in [2.75, 3.05) is 32.7 Å². The lowest BCUT2D eigenvalue weighted by molar-refractivity contribution is -0.432. The second-order valence-corrected chi connectivity index (χ2v) is 24.8. The van der Waals surface area contributed by atoms with Crippen LogP contribution in [0, 0.1) is 13.8 Å². The first-order chi connectivity index (χ1) is 42.6. The Kier molecular flexibility index (Phi) is 20.1. The molecule has 0 amide bonds. The molecule has 0 saturated heterocycles. The molecular weight excluding hydrogens is 1360 g/mol. The average Bonchev–Trinajstić information content (AvgIpc) is 0.765. The highest BCUT2D eigenvalue weighted by atomic mass is 35.5. The van der Waals surface area contributed by atoms with Crippen LogP contribution in [0.1, 0.15) is 11.1 Å². The molecule has 0 unspecified atom stereocenters. The van der Waals surface area contributed by atoms with Gasteiger partial charge in [-0.1, -0.05) is 15.1 Å². The Morgan fingerprint density at radius 2 is 0.956 bits per heavy atom. The predicted octanol–water partition coefficient (Wildman–Crippen LogP) is 11.7. The zero-order chi connectivity index (χ0) is 65.0. The summed E-state index contributed by atoms with van der Waals surface area (Å²) in [6.07, 6.45) is 0. The molecule has 470 valence electrons. The van der Waals surface area contributed by atoms with E-state index in [-0.39, 0.29) is 88.6 Å². The van der Waals surface area contributed by atoms with Crippen molar-refractivity contribution < 1.29 is 93.0 Å². The number of aryl methyl sites for hydroxylation is 2. The monoisotopic (exact) mass is 1390 g/mol. The molecule has 0 aliphatic rings. The molecule has 0 spiro atoms. The van der Waals surface area contributed by atoms with Gasteiger partial charge in [-0.15, -0.1) is 33.5 Å².